The molecular formula is C26H29F5N4O4S. The van der Waals surface area contributed by atoms with Crippen molar-refractivity contribution in [2.24, 2.45) is 0 Å². The maximum Gasteiger partial charge on any atom is 0.420 e. The minimum Gasteiger partial charge on any atom is -0.434 e. The maximum atomic E-state index is 13.9. The Morgan fingerprint density at radius 1 is 1.12 bits per heavy atom. The van der Waals surface area contributed by atoms with Gasteiger partial charge in [-0.25, -0.2) is 13.4 Å². The number of pyridine rings is 1. The number of ether oxygens (including phenoxy) is 1. The van der Waals surface area contributed by atoms with Gasteiger partial charge in [-0.15, -0.1) is 0 Å². The number of halogens is 5. The van der Waals surface area contributed by atoms with Crippen LogP contribution < -0.4 is 10.1 Å². The van der Waals surface area contributed by atoms with Crippen LogP contribution in [0.4, 0.5) is 22.0 Å². The second kappa shape index (κ2) is 11.5. The van der Waals surface area contributed by atoms with E-state index in [1.807, 2.05) is 0 Å². The molecule has 0 saturated heterocycles. The summed E-state index contributed by atoms with van der Waals surface area (Å²) in [5.74, 6) is -1.41. The van der Waals surface area contributed by atoms with Crippen molar-refractivity contribution in [3.8, 4) is 5.75 Å². The molecule has 0 unspecified atom stereocenters. The topological polar surface area (TPSA) is 103 Å². The van der Waals surface area contributed by atoms with E-state index in [9.17, 15) is 35.2 Å². The molecule has 3 aromatic rings. The molecule has 3 rings (SSSR count). The quantitative estimate of drug-likeness (QED) is 0.342. The second-order valence-electron chi connectivity index (χ2n) is 9.94. The van der Waals surface area contributed by atoms with Crippen molar-refractivity contribution in [1.29, 1.82) is 0 Å². The lowest BCUT2D eigenvalue weighted by Crippen LogP contribution is -2.24. The summed E-state index contributed by atoms with van der Waals surface area (Å²) in [4.78, 5) is 21.6. The van der Waals surface area contributed by atoms with Gasteiger partial charge in [0.1, 0.15) is 22.8 Å². The zero-order valence-electron chi connectivity index (χ0n) is 22.4. The van der Waals surface area contributed by atoms with Crippen LogP contribution >= 0.6 is 0 Å². The number of alkyl halides is 5. The van der Waals surface area contributed by atoms with E-state index in [0.717, 1.165) is 12.1 Å². The minimum absolute atomic E-state index is 0.0383. The summed E-state index contributed by atoms with van der Waals surface area (Å²) in [6.45, 7) is 4.41. The third kappa shape index (κ3) is 6.95. The van der Waals surface area contributed by atoms with E-state index in [0.29, 0.717) is 11.5 Å². The fourth-order valence-electron chi connectivity index (χ4n) is 4.03. The number of sulfone groups is 1. The van der Waals surface area contributed by atoms with E-state index in [-0.39, 0.29) is 34.1 Å². The molecule has 0 radical (unpaired) electrons. The van der Waals surface area contributed by atoms with E-state index >= 15 is 0 Å². The lowest BCUT2D eigenvalue weighted by molar-refractivity contribution is -0.142. The van der Waals surface area contributed by atoms with Gasteiger partial charge in [0, 0.05) is 23.9 Å². The fourth-order valence-corrected chi connectivity index (χ4v) is 4.85. The Bertz CT molecular complexity index is 1480. The molecule has 1 N–H and O–H groups in total. The number of benzene rings is 1. The Morgan fingerprint density at radius 3 is 2.33 bits per heavy atom. The summed E-state index contributed by atoms with van der Waals surface area (Å²) < 4.78 is 97.0. The van der Waals surface area contributed by atoms with Gasteiger partial charge < -0.3 is 14.6 Å². The molecule has 2 heterocycles. The smallest absolute Gasteiger partial charge is 0.420 e. The Kier molecular flexibility index (Phi) is 8.92. The van der Waals surface area contributed by atoms with E-state index in [1.165, 1.54) is 42.8 Å². The highest BCUT2D eigenvalue weighted by Gasteiger charge is 2.38. The summed E-state index contributed by atoms with van der Waals surface area (Å²) in [6, 6.07) is 6.00. The zero-order chi connectivity index (χ0) is 30.0. The van der Waals surface area contributed by atoms with Gasteiger partial charge in [0.2, 0.25) is 0 Å². The number of carbonyl (C=O) groups excluding carboxylic acids is 1. The lowest BCUT2D eigenvalue weighted by Gasteiger charge is -2.23. The first-order chi connectivity index (χ1) is 18.5. The highest BCUT2D eigenvalue weighted by Crippen LogP contribution is 2.40. The van der Waals surface area contributed by atoms with Crippen LogP contribution in [-0.2, 0) is 34.5 Å². The minimum atomic E-state index is -4.99. The summed E-state index contributed by atoms with van der Waals surface area (Å²) in [5, 5.41) is 2.64. The molecular weight excluding hydrogens is 559 g/mol. The van der Waals surface area contributed by atoms with Crippen LogP contribution in [0, 0.1) is 6.92 Å². The Labute approximate surface area is 228 Å². The van der Waals surface area contributed by atoms with Crippen LogP contribution in [0.5, 0.6) is 5.75 Å². The Hall–Kier alpha value is -3.55. The molecule has 0 bridgehead atoms. The van der Waals surface area contributed by atoms with E-state index < -0.39 is 51.8 Å². The number of nitrogens with one attached hydrogen (secondary N) is 1. The van der Waals surface area contributed by atoms with Gasteiger partial charge in [0.15, 0.2) is 9.84 Å². The highest BCUT2D eigenvalue weighted by molar-refractivity contribution is 7.91. The van der Waals surface area contributed by atoms with Gasteiger partial charge >= 0.3 is 12.8 Å². The number of aromatic nitrogens is 3. The number of imidazole rings is 1. The Balaban J connectivity index is 1.95. The molecule has 40 heavy (non-hydrogen) atoms. The van der Waals surface area contributed by atoms with Crippen LogP contribution in [0.2, 0.25) is 0 Å². The average Bonchev–Trinajstić information content (AvgIpc) is 3.18. The normalized spacial score (nSPS) is 12.6. The highest BCUT2D eigenvalue weighted by atomic mass is 32.2. The second-order valence-corrected chi connectivity index (χ2v) is 12.2. The molecule has 0 aliphatic carbocycles. The molecule has 1 amide bonds. The lowest BCUT2D eigenvalue weighted by atomic mass is 9.95. The van der Waals surface area contributed by atoms with Crippen molar-refractivity contribution in [1.82, 2.24) is 19.9 Å². The first-order valence-electron chi connectivity index (χ1n) is 12.1. The van der Waals surface area contributed by atoms with Gasteiger partial charge in [-0.1, -0.05) is 39.8 Å². The largest absolute Gasteiger partial charge is 0.434 e. The SMILES string of the molecule is CCS(=O)(=O)c1ccc(CNC(=O)c2nc(C(C)(C)C)n(Cc3cccc(OC(F)F)c3C(F)(F)F)c2C)nc1. The Morgan fingerprint density at radius 2 is 1.80 bits per heavy atom. The van der Waals surface area contributed by atoms with Crippen molar-refractivity contribution >= 4 is 15.7 Å². The van der Waals surface area contributed by atoms with Crippen LogP contribution in [-0.4, -0.2) is 41.2 Å². The van der Waals surface area contributed by atoms with Crippen molar-refractivity contribution in [2.75, 3.05) is 5.75 Å². The number of hydrogen-bond donors (Lipinski definition) is 1. The fraction of sp³-hybridized carbons (Fsp3) is 0.423. The molecule has 1 aromatic carbocycles. The number of hydrogen-bond acceptors (Lipinski definition) is 6. The predicted molar refractivity (Wildman–Crippen MR) is 136 cm³/mol. The van der Waals surface area contributed by atoms with Gasteiger partial charge in [0.05, 0.1) is 22.9 Å². The number of rotatable bonds is 9. The van der Waals surface area contributed by atoms with Crippen molar-refractivity contribution in [3.63, 3.8) is 0 Å². The van der Waals surface area contributed by atoms with Crippen LogP contribution in [0.15, 0.2) is 41.4 Å². The monoisotopic (exact) mass is 588 g/mol. The van der Waals surface area contributed by atoms with Crippen LogP contribution in [0.3, 0.4) is 0 Å². The van der Waals surface area contributed by atoms with Crippen molar-refractivity contribution in [2.45, 2.75) is 70.8 Å². The molecule has 0 saturated carbocycles. The molecule has 0 aliphatic rings. The van der Waals surface area contributed by atoms with E-state index in [4.69, 9.17) is 0 Å². The summed E-state index contributed by atoms with van der Waals surface area (Å²) in [5.41, 5.74) is -1.79. The van der Waals surface area contributed by atoms with E-state index in [1.54, 1.807) is 20.8 Å². The molecule has 0 fully saturated rings. The molecule has 0 atom stereocenters. The van der Waals surface area contributed by atoms with E-state index in [2.05, 4.69) is 20.0 Å². The van der Waals surface area contributed by atoms with Crippen molar-refractivity contribution in [3.05, 3.63) is 70.6 Å². The maximum absolute atomic E-state index is 13.9. The molecule has 0 aliphatic heterocycles. The molecule has 2 aromatic heterocycles. The summed E-state index contributed by atoms with van der Waals surface area (Å²) in [6.07, 6.45) is -3.79. The van der Waals surface area contributed by atoms with Gasteiger partial charge in [0.25, 0.3) is 5.91 Å². The van der Waals surface area contributed by atoms with Crippen LogP contribution in [0.1, 0.15) is 66.5 Å². The number of carbonyl (C=O) groups is 1. The molecule has 0 spiro atoms. The van der Waals surface area contributed by atoms with Crippen molar-refractivity contribution < 1.29 is 39.9 Å². The first-order valence-corrected chi connectivity index (χ1v) is 13.8. The standard InChI is InChI=1S/C26H29F5N4O4S/c1-6-40(37,38)18-11-10-17(32-13-18)12-33-22(36)21-15(2)35(23(34-21)25(3,4)5)14-16-8-7-9-19(39-24(27)28)20(16)26(29,30)31/h7-11,13,24H,6,12,14H2,1-5H3,(H,33,36). The third-order valence-electron chi connectivity index (χ3n) is 6.01. The van der Waals surface area contributed by atoms with Crippen LogP contribution in [0.25, 0.3) is 0 Å². The number of amides is 1. The summed E-state index contributed by atoms with van der Waals surface area (Å²) >= 11 is 0. The zero-order valence-corrected chi connectivity index (χ0v) is 23.3. The average molecular weight is 589 g/mol. The number of nitrogens with zero attached hydrogens (tertiary/aromatic N) is 3. The summed E-state index contributed by atoms with van der Waals surface area (Å²) in [7, 11) is -3.44. The van der Waals surface area contributed by atoms with Gasteiger partial charge in [-0.2, -0.15) is 22.0 Å². The van der Waals surface area contributed by atoms with Gasteiger partial charge in [-0.05, 0) is 30.7 Å². The first kappa shape index (κ1) is 31.0. The molecule has 8 nitrogen and oxygen atoms in total. The molecule has 218 valence electrons. The predicted octanol–water partition coefficient (Wildman–Crippen LogP) is 5.28. The van der Waals surface area contributed by atoms with Gasteiger partial charge in [-0.3, -0.25) is 9.78 Å². The third-order valence-corrected chi connectivity index (χ3v) is 7.73. The molecule has 14 heteroatoms.